The minimum atomic E-state index is -2.18. The van der Waals surface area contributed by atoms with E-state index in [0.29, 0.717) is 23.1 Å². The molecule has 60 heavy (non-hydrogen) atoms. The molecule has 3 nitrogen and oxygen atoms in total. The average Bonchev–Trinajstić information content (AvgIpc) is 3.70. The molecule has 0 fully saturated rings. The zero-order chi connectivity index (χ0) is 45.6. The zero-order valence-corrected chi connectivity index (χ0v) is 36.3. The van der Waals surface area contributed by atoms with Crippen LogP contribution in [-0.2, 0) is 20.1 Å². The van der Waals surface area contributed by atoms with Gasteiger partial charge in [-0.15, -0.1) is 59.2 Å². The van der Waals surface area contributed by atoms with Gasteiger partial charge in [0.1, 0.15) is 0 Å². The molecular formula is C56H47IrN3-2. The van der Waals surface area contributed by atoms with Crippen molar-refractivity contribution in [3.8, 4) is 39.5 Å². The summed E-state index contributed by atoms with van der Waals surface area (Å²) in [7, 11) is 0. The molecule has 0 N–H and O–H groups in total. The van der Waals surface area contributed by atoms with Crippen molar-refractivity contribution in [1.29, 1.82) is 0 Å². The van der Waals surface area contributed by atoms with Crippen LogP contribution >= 0.6 is 0 Å². The average molecular weight is 960 g/mol. The van der Waals surface area contributed by atoms with Gasteiger partial charge in [-0.3, -0.25) is 4.98 Å². The fourth-order valence-electron chi connectivity index (χ4n) is 8.16. The summed E-state index contributed by atoms with van der Waals surface area (Å²) in [6.45, 7) is 4.87. The van der Waals surface area contributed by atoms with Gasteiger partial charge < -0.3 is 9.55 Å². The Labute approximate surface area is 375 Å². The Morgan fingerprint density at radius 1 is 0.533 bits per heavy atom. The van der Waals surface area contributed by atoms with Gasteiger partial charge in [-0.1, -0.05) is 154 Å². The van der Waals surface area contributed by atoms with Crippen LogP contribution in [0.3, 0.4) is 0 Å². The number of pyridine rings is 1. The van der Waals surface area contributed by atoms with Crippen molar-refractivity contribution in [3.63, 3.8) is 0 Å². The van der Waals surface area contributed by atoms with Crippen molar-refractivity contribution in [3.05, 3.63) is 198 Å². The molecule has 2 heterocycles. The van der Waals surface area contributed by atoms with E-state index in [1.54, 1.807) is 12.1 Å². The van der Waals surface area contributed by atoms with Crippen molar-refractivity contribution >= 4 is 43.4 Å². The first-order valence-electron chi connectivity index (χ1n) is 23.1. The summed E-state index contributed by atoms with van der Waals surface area (Å²) in [5.41, 5.74) is 11.0. The number of para-hydroxylation sites is 2. The van der Waals surface area contributed by atoms with Gasteiger partial charge in [-0.25, -0.2) is 0 Å². The molecule has 0 atom stereocenters. The molecule has 0 amide bonds. The van der Waals surface area contributed by atoms with Gasteiger partial charge >= 0.3 is 0 Å². The summed E-state index contributed by atoms with van der Waals surface area (Å²) >= 11 is 0. The number of aromatic nitrogens is 3. The first kappa shape index (κ1) is 33.6. The molecule has 0 saturated heterocycles. The van der Waals surface area contributed by atoms with Crippen molar-refractivity contribution < 1.29 is 28.3 Å². The van der Waals surface area contributed by atoms with Crippen LogP contribution in [0, 0.1) is 25.8 Å². The summed E-state index contributed by atoms with van der Waals surface area (Å²) < 4.78 is 46.1. The maximum atomic E-state index is 7.28. The van der Waals surface area contributed by atoms with E-state index in [4.69, 9.17) is 13.2 Å². The molecule has 10 aromatic rings. The molecule has 1 radical (unpaired) electrons. The Balaban J connectivity index is 0.000000238. The van der Waals surface area contributed by atoms with E-state index in [2.05, 4.69) is 177 Å². The SMILES string of the molecule is CC(C)c1cc(-c2ccccc2)cc(C(C)C)c1-n1c(-c2[c-]cc3c4ccccc4c4ccccc4c3c2)nc2ccccc21.[2H]C([2H])([2H])c1c[c-]c(-c2ccc(C([2H])([2H])[2H])cn2)cc1.[Ir]. The van der Waals surface area contributed by atoms with E-state index in [1.165, 1.54) is 84.7 Å². The first-order valence-corrected chi connectivity index (χ1v) is 20.1. The van der Waals surface area contributed by atoms with Crippen LogP contribution in [0.5, 0.6) is 0 Å². The van der Waals surface area contributed by atoms with Crippen LogP contribution in [0.15, 0.2) is 164 Å². The second-order valence-corrected chi connectivity index (χ2v) is 15.6. The molecule has 2 aromatic heterocycles. The second-order valence-electron chi connectivity index (χ2n) is 15.6. The molecule has 0 spiro atoms. The molecule has 0 aliphatic carbocycles. The molecule has 0 saturated carbocycles. The standard InChI is InChI=1S/C43H35N2.C13H12N.Ir/c1-27(2)37-25-31(29-14-6-5-7-15-29)26-38(28(3)4)42(37)45-41-21-13-12-20-40(41)44-43(45)30-22-23-36-34-18-9-8-16-32(34)33-17-10-11-19-35(33)39(36)24-30;1-10-3-6-12(7-4-10)13-8-5-11(2)9-14-13;/h5-21,23-28H,1-4H3;3-6,8-9H,1-2H3;/q2*-1;/i;1D3,2D3;. The van der Waals surface area contributed by atoms with Crippen LogP contribution in [0.4, 0.5) is 0 Å². The van der Waals surface area contributed by atoms with Gasteiger partial charge in [-0.2, -0.15) is 0 Å². The minimum absolute atomic E-state index is 0. The molecular weight excluding hydrogens is 907 g/mol. The maximum absolute atomic E-state index is 7.28. The molecule has 4 heteroatoms. The Kier molecular flexibility index (Phi) is 9.63. The summed E-state index contributed by atoms with van der Waals surface area (Å²) in [6.07, 6.45) is 1.30. The normalized spacial score (nSPS) is 13.2. The van der Waals surface area contributed by atoms with E-state index in [-0.39, 0.29) is 31.2 Å². The third kappa shape index (κ3) is 7.70. The van der Waals surface area contributed by atoms with E-state index in [1.807, 2.05) is 0 Å². The van der Waals surface area contributed by atoms with E-state index >= 15 is 0 Å². The monoisotopic (exact) mass is 960 g/mol. The summed E-state index contributed by atoms with van der Waals surface area (Å²) in [6, 6.07) is 60.2. The third-order valence-corrected chi connectivity index (χ3v) is 11.1. The van der Waals surface area contributed by atoms with Gasteiger partial charge in [0, 0.05) is 40.2 Å². The van der Waals surface area contributed by atoms with Gasteiger partial charge in [0.2, 0.25) is 0 Å². The molecule has 8 aromatic carbocycles. The van der Waals surface area contributed by atoms with E-state index in [9.17, 15) is 0 Å². The predicted octanol–water partition coefficient (Wildman–Crippen LogP) is 15.0. The van der Waals surface area contributed by atoms with Crippen molar-refractivity contribution in [2.24, 2.45) is 0 Å². The van der Waals surface area contributed by atoms with Gasteiger partial charge in [0.05, 0.1) is 16.9 Å². The van der Waals surface area contributed by atoms with Gasteiger partial charge in [-0.05, 0) is 92.6 Å². The van der Waals surface area contributed by atoms with Crippen molar-refractivity contribution in [2.75, 3.05) is 0 Å². The number of hydrogen-bond donors (Lipinski definition) is 0. The predicted molar refractivity (Wildman–Crippen MR) is 249 cm³/mol. The topological polar surface area (TPSA) is 30.7 Å². The number of nitrogens with zero attached hydrogens (tertiary/aromatic N) is 3. The Hall–Kier alpha value is -6.19. The number of rotatable bonds is 6. The Morgan fingerprint density at radius 3 is 1.72 bits per heavy atom. The van der Waals surface area contributed by atoms with Crippen LogP contribution in [0.1, 0.15) is 70.0 Å². The number of hydrogen-bond acceptors (Lipinski definition) is 2. The molecule has 0 bridgehead atoms. The van der Waals surface area contributed by atoms with Crippen LogP contribution in [-0.4, -0.2) is 14.5 Å². The fourth-order valence-corrected chi connectivity index (χ4v) is 8.16. The summed E-state index contributed by atoms with van der Waals surface area (Å²) in [5, 5.41) is 7.49. The van der Waals surface area contributed by atoms with Gasteiger partial charge in [0.25, 0.3) is 0 Å². The van der Waals surface area contributed by atoms with Gasteiger partial charge in [0.15, 0.2) is 0 Å². The van der Waals surface area contributed by atoms with Crippen molar-refractivity contribution in [2.45, 2.75) is 53.2 Å². The largest absolute Gasteiger partial charge is 0.333 e. The molecule has 0 aliphatic rings. The molecule has 297 valence electrons. The Bertz CT molecular complexity index is 3220. The van der Waals surface area contributed by atoms with E-state index in [0.717, 1.165) is 22.4 Å². The minimum Gasteiger partial charge on any atom is -0.333 e. The summed E-state index contributed by atoms with van der Waals surface area (Å²) in [5.74, 6) is 1.55. The number of aryl methyl sites for hydroxylation is 2. The van der Waals surface area contributed by atoms with Crippen LogP contribution in [0.25, 0.3) is 82.8 Å². The molecule has 0 unspecified atom stereocenters. The first-order chi connectivity index (χ1) is 31.2. The quantitative estimate of drug-likeness (QED) is 0.123. The number of fused-ring (bicyclic) bond motifs is 7. The van der Waals surface area contributed by atoms with Crippen LogP contribution in [0.2, 0.25) is 0 Å². The third-order valence-electron chi connectivity index (χ3n) is 11.1. The molecule has 0 aliphatic heterocycles. The number of benzene rings is 8. The maximum Gasteiger partial charge on any atom is 0.0774 e. The van der Waals surface area contributed by atoms with Crippen LogP contribution < -0.4 is 0 Å². The van der Waals surface area contributed by atoms with Crippen molar-refractivity contribution in [1.82, 2.24) is 14.5 Å². The second kappa shape index (κ2) is 17.2. The number of imidazole rings is 1. The summed E-state index contributed by atoms with van der Waals surface area (Å²) in [4.78, 5) is 9.40. The van der Waals surface area contributed by atoms with E-state index < -0.39 is 13.7 Å². The Morgan fingerprint density at radius 2 is 1.12 bits per heavy atom. The zero-order valence-electron chi connectivity index (χ0n) is 39.9. The fraction of sp³-hybridized carbons (Fsp3) is 0.143. The molecule has 10 rings (SSSR count). The smallest absolute Gasteiger partial charge is 0.0774 e.